The Bertz CT molecular complexity index is 653. The number of ketones is 1. The maximum absolute atomic E-state index is 14.3. The Morgan fingerprint density at radius 3 is 2.28 bits per heavy atom. The number of carbonyl (C=O) groups is 2. The molecule has 0 aromatic carbocycles. The van der Waals surface area contributed by atoms with E-state index >= 15 is 0 Å². The number of likely N-dealkylation sites (tertiary alicyclic amines) is 1. The molecule has 3 fully saturated rings. The third-order valence-corrected chi connectivity index (χ3v) is 7.18. The molecule has 1 saturated heterocycles. The summed E-state index contributed by atoms with van der Waals surface area (Å²) in [7, 11) is 0. The first-order chi connectivity index (χ1) is 13.7. The van der Waals surface area contributed by atoms with Crippen LogP contribution in [0.3, 0.4) is 0 Å². The van der Waals surface area contributed by atoms with Crippen LogP contribution in [0.4, 0.5) is 13.6 Å². The lowest BCUT2D eigenvalue weighted by molar-refractivity contribution is -0.124. The summed E-state index contributed by atoms with van der Waals surface area (Å²) >= 11 is 0. The Morgan fingerprint density at radius 2 is 1.76 bits per heavy atom. The van der Waals surface area contributed by atoms with E-state index in [0.29, 0.717) is 37.8 Å². The van der Waals surface area contributed by atoms with Gasteiger partial charge in [0.25, 0.3) is 5.92 Å². The Morgan fingerprint density at radius 1 is 1.14 bits per heavy atom. The van der Waals surface area contributed by atoms with E-state index in [1.54, 1.807) is 11.8 Å². The van der Waals surface area contributed by atoms with Crippen LogP contribution in [-0.2, 0) is 4.79 Å². The van der Waals surface area contributed by atoms with Crippen molar-refractivity contribution in [2.45, 2.75) is 95.9 Å². The fraction of sp³-hybridized carbons (Fsp3) is 0.864. The summed E-state index contributed by atoms with van der Waals surface area (Å²) in [4.78, 5) is 27.2. The van der Waals surface area contributed by atoms with Gasteiger partial charge in [0, 0.05) is 32.4 Å². The second-order valence-corrected chi connectivity index (χ2v) is 9.54. The number of rotatable bonds is 8. The molecular formula is C22H33F2N3O2. The second-order valence-electron chi connectivity index (χ2n) is 9.54. The number of carbonyl (C=O) groups excluding carboxylic acids is 2. The van der Waals surface area contributed by atoms with E-state index in [2.05, 4.69) is 11.4 Å². The first kappa shape index (κ1) is 22.0. The maximum atomic E-state index is 14.3. The van der Waals surface area contributed by atoms with E-state index in [1.165, 1.54) is 25.7 Å². The van der Waals surface area contributed by atoms with Gasteiger partial charge in [0.2, 0.25) is 0 Å². The van der Waals surface area contributed by atoms with Crippen molar-refractivity contribution in [3.05, 3.63) is 0 Å². The highest BCUT2D eigenvalue weighted by atomic mass is 19.3. The molecule has 0 aromatic heterocycles. The first-order valence-corrected chi connectivity index (χ1v) is 11.1. The van der Waals surface area contributed by atoms with Gasteiger partial charge in [0.1, 0.15) is 0 Å². The van der Waals surface area contributed by atoms with Gasteiger partial charge in [-0.15, -0.1) is 0 Å². The molecule has 2 aliphatic carbocycles. The molecule has 3 aliphatic rings. The number of amides is 2. The minimum absolute atomic E-state index is 0.0558. The smallest absolute Gasteiger partial charge is 0.317 e. The number of nitriles is 1. The summed E-state index contributed by atoms with van der Waals surface area (Å²) in [5.41, 5.74) is -0.356. The van der Waals surface area contributed by atoms with Crippen molar-refractivity contribution in [3.8, 4) is 6.07 Å². The number of alkyl halides is 2. The van der Waals surface area contributed by atoms with E-state index in [9.17, 15) is 23.6 Å². The number of Topliss-reactive ketones (excluding diaryl/α,β-unsaturated/α-hetero) is 1. The highest BCUT2D eigenvalue weighted by molar-refractivity contribution is 5.89. The lowest BCUT2D eigenvalue weighted by Gasteiger charge is -2.39. The van der Waals surface area contributed by atoms with Crippen molar-refractivity contribution in [3.63, 3.8) is 0 Å². The fourth-order valence-corrected chi connectivity index (χ4v) is 5.00. The van der Waals surface area contributed by atoms with Crippen LogP contribution in [0.2, 0.25) is 0 Å². The van der Waals surface area contributed by atoms with Crippen molar-refractivity contribution >= 4 is 11.8 Å². The van der Waals surface area contributed by atoms with Crippen molar-refractivity contribution in [1.82, 2.24) is 10.2 Å². The lowest BCUT2D eigenvalue weighted by atomic mass is 9.77. The molecule has 2 saturated carbocycles. The molecule has 1 heterocycles. The molecule has 1 N–H and O–H groups in total. The average molecular weight is 410 g/mol. The molecule has 1 spiro atoms. The predicted octanol–water partition coefficient (Wildman–Crippen LogP) is 4.81. The van der Waals surface area contributed by atoms with Gasteiger partial charge in [-0.3, -0.25) is 4.79 Å². The van der Waals surface area contributed by atoms with Crippen LogP contribution in [0.5, 0.6) is 0 Å². The van der Waals surface area contributed by atoms with Crippen molar-refractivity contribution in [1.29, 1.82) is 5.26 Å². The van der Waals surface area contributed by atoms with Crippen LogP contribution < -0.4 is 5.32 Å². The predicted molar refractivity (Wildman–Crippen MR) is 105 cm³/mol. The molecule has 0 aromatic rings. The van der Waals surface area contributed by atoms with Crippen LogP contribution in [0.25, 0.3) is 0 Å². The van der Waals surface area contributed by atoms with Crippen LogP contribution in [0.15, 0.2) is 0 Å². The molecule has 29 heavy (non-hydrogen) atoms. The van der Waals surface area contributed by atoms with Crippen LogP contribution in [-0.4, -0.2) is 41.8 Å². The fourth-order valence-electron chi connectivity index (χ4n) is 5.00. The van der Waals surface area contributed by atoms with E-state index < -0.39 is 35.6 Å². The third-order valence-electron chi connectivity index (χ3n) is 7.18. The van der Waals surface area contributed by atoms with E-state index in [1.807, 2.05) is 0 Å². The molecule has 0 radical (unpaired) electrons. The van der Waals surface area contributed by atoms with Gasteiger partial charge in [-0.25, -0.2) is 13.6 Å². The first-order valence-electron chi connectivity index (χ1n) is 11.1. The van der Waals surface area contributed by atoms with Crippen molar-refractivity contribution in [2.75, 3.05) is 13.1 Å². The topological polar surface area (TPSA) is 73.2 Å². The summed E-state index contributed by atoms with van der Waals surface area (Å²) in [6.07, 6.45) is 7.29. The van der Waals surface area contributed by atoms with E-state index in [-0.39, 0.29) is 12.8 Å². The molecule has 7 heteroatoms. The second kappa shape index (κ2) is 8.57. The zero-order valence-electron chi connectivity index (χ0n) is 17.4. The number of nitrogens with one attached hydrogen (secondary N) is 1. The van der Waals surface area contributed by atoms with Crippen LogP contribution in [0.1, 0.15) is 84.0 Å². The monoisotopic (exact) mass is 409 g/mol. The van der Waals surface area contributed by atoms with Gasteiger partial charge < -0.3 is 10.2 Å². The van der Waals surface area contributed by atoms with Crippen LogP contribution >= 0.6 is 0 Å². The normalized spacial score (nSPS) is 23.4. The molecule has 1 aliphatic heterocycles. The number of hydrogen-bond donors (Lipinski definition) is 1. The number of urea groups is 1. The maximum Gasteiger partial charge on any atom is 0.317 e. The largest absolute Gasteiger partial charge is 0.328 e. The molecular weight excluding hydrogens is 376 g/mol. The van der Waals surface area contributed by atoms with Gasteiger partial charge in [-0.1, -0.05) is 26.2 Å². The number of hydrogen-bond acceptors (Lipinski definition) is 3. The van der Waals surface area contributed by atoms with Gasteiger partial charge in [-0.05, 0) is 43.9 Å². The Kier molecular flexibility index (Phi) is 6.50. The molecule has 1 atom stereocenters. The Hall–Kier alpha value is -1.71. The van der Waals surface area contributed by atoms with E-state index in [4.69, 9.17) is 0 Å². The molecule has 0 bridgehead atoms. The summed E-state index contributed by atoms with van der Waals surface area (Å²) in [5.74, 6) is -3.46. The molecule has 5 nitrogen and oxygen atoms in total. The highest BCUT2D eigenvalue weighted by Gasteiger charge is 2.47. The summed E-state index contributed by atoms with van der Waals surface area (Å²) in [5, 5.41) is 11.8. The van der Waals surface area contributed by atoms with Crippen molar-refractivity contribution in [2.24, 2.45) is 10.8 Å². The minimum Gasteiger partial charge on any atom is -0.328 e. The van der Waals surface area contributed by atoms with Gasteiger partial charge in [-0.2, -0.15) is 5.26 Å². The minimum atomic E-state index is -3.01. The summed E-state index contributed by atoms with van der Waals surface area (Å²) in [6.45, 7) is 2.89. The quantitative estimate of drug-likeness (QED) is 0.625. The van der Waals surface area contributed by atoms with E-state index in [0.717, 1.165) is 12.8 Å². The number of nitrogens with zero attached hydrogens (tertiary/aromatic N) is 2. The number of halogens is 2. The molecule has 0 unspecified atom stereocenters. The zero-order chi connectivity index (χ0) is 21.1. The van der Waals surface area contributed by atoms with Gasteiger partial charge >= 0.3 is 6.03 Å². The standard InChI is InChI=1S/C22H33F2N3O2/c1-2-5-22(23,24)14-17(18(28)15-21(16-25)8-9-21)26-19(29)27-12-10-20(11-13-27)6-3-4-7-20/h17H,2-15H2,1H3,(H,26,29)/t17-/m0/s1. The molecule has 3 rings (SSSR count). The Balaban J connectivity index is 1.61. The summed E-state index contributed by atoms with van der Waals surface area (Å²) < 4.78 is 28.6. The van der Waals surface area contributed by atoms with Crippen molar-refractivity contribution < 1.29 is 18.4 Å². The number of piperidine rings is 1. The highest BCUT2D eigenvalue weighted by Crippen LogP contribution is 2.49. The SMILES string of the molecule is CCCC(F)(F)C[C@H](NC(=O)N1CCC2(CCCC2)CC1)C(=O)CC1(C#N)CC1. The lowest BCUT2D eigenvalue weighted by Crippen LogP contribution is -2.52. The molecule has 2 amide bonds. The summed E-state index contributed by atoms with van der Waals surface area (Å²) in [6, 6.07) is 0.475. The molecule has 162 valence electrons. The third kappa shape index (κ3) is 5.46. The Labute approximate surface area is 172 Å². The average Bonchev–Trinajstić information content (AvgIpc) is 3.31. The zero-order valence-corrected chi connectivity index (χ0v) is 17.4. The van der Waals surface area contributed by atoms with Gasteiger partial charge in [0.05, 0.1) is 17.5 Å². The van der Waals surface area contributed by atoms with Crippen LogP contribution in [0, 0.1) is 22.2 Å². The van der Waals surface area contributed by atoms with Gasteiger partial charge in [0.15, 0.2) is 5.78 Å².